The van der Waals surface area contributed by atoms with Gasteiger partial charge in [-0.2, -0.15) is 0 Å². The molecule has 8 nitrogen and oxygen atoms in total. The topological polar surface area (TPSA) is 110 Å². The third kappa shape index (κ3) is 4.66. The van der Waals surface area contributed by atoms with Crippen LogP contribution in [0.5, 0.6) is 5.75 Å². The van der Waals surface area contributed by atoms with Crippen molar-refractivity contribution in [2.24, 2.45) is 0 Å². The number of hydrogen-bond acceptors (Lipinski definition) is 7. The van der Waals surface area contributed by atoms with Crippen LogP contribution in [0.25, 0.3) is 0 Å². The van der Waals surface area contributed by atoms with Crippen molar-refractivity contribution in [3.63, 3.8) is 0 Å². The predicted octanol–water partition coefficient (Wildman–Crippen LogP) is 2.07. The second-order valence-corrected chi connectivity index (χ2v) is 6.59. The minimum atomic E-state index is -0.553. The van der Waals surface area contributed by atoms with Gasteiger partial charge in [0.25, 0.3) is 5.91 Å². The Morgan fingerprint density at radius 3 is 2.72 bits per heavy atom. The van der Waals surface area contributed by atoms with Crippen molar-refractivity contribution in [1.29, 1.82) is 0 Å². The number of anilines is 1. The minimum absolute atomic E-state index is 0.0537. The Bertz CT molecular complexity index is 841. The number of thiazole rings is 1. The largest absolute Gasteiger partial charge is 0.478 e. The first-order valence-corrected chi connectivity index (χ1v) is 8.34. The summed E-state index contributed by atoms with van der Waals surface area (Å²) in [6.45, 7) is 5.22. The number of rotatable bonds is 6. The van der Waals surface area contributed by atoms with Crippen molar-refractivity contribution >= 4 is 28.3 Å². The van der Waals surface area contributed by atoms with E-state index in [0.29, 0.717) is 5.69 Å². The van der Waals surface area contributed by atoms with E-state index in [1.807, 2.05) is 13.8 Å². The molecule has 0 fully saturated rings. The van der Waals surface area contributed by atoms with Gasteiger partial charge in [0, 0.05) is 22.8 Å². The normalized spacial score (nSPS) is 10.6. The van der Waals surface area contributed by atoms with Crippen LogP contribution in [-0.2, 0) is 9.53 Å². The summed E-state index contributed by atoms with van der Waals surface area (Å²) < 4.78 is 9.91. The van der Waals surface area contributed by atoms with Gasteiger partial charge >= 0.3 is 5.97 Å². The van der Waals surface area contributed by atoms with Gasteiger partial charge in [-0.05, 0) is 12.8 Å². The van der Waals surface area contributed by atoms with E-state index in [0.717, 1.165) is 4.88 Å². The molecular weight excluding hydrogens is 346 g/mol. The second kappa shape index (κ2) is 7.93. The summed E-state index contributed by atoms with van der Waals surface area (Å²) in [6, 6.07) is 1.38. The lowest BCUT2D eigenvalue weighted by Crippen LogP contribution is -2.22. The maximum Gasteiger partial charge on any atom is 0.357 e. The number of hydrogen-bond donors (Lipinski definition) is 2. The highest BCUT2D eigenvalue weighted by atomic mass is 32.1. The molecule has 0 saturated heterocycles. The molecule has 0 saturated carbocycles. The number of ether oxygens (including phenoxy) is 2. The zero-order chi connectivity index (χ0) is 18.6. The van der Waals surface area contributed by atoms with Crippen LogP contribution in [0.2, 0.25) is 0 Å². The summed E-state index contributed by atoms with van der Waals surface area (Å²) in [4.78, 5) is 43.1. The van der Waals surface area contributed by atoms with Gasteiger partial charge in [0.05, 0.1) is 7.11 Å². The highest BCUT2D eigenvalue weighted by Gasteiger charge is 2.21. The maximum absolute atomic E-state index is 12.0. The second-order valence-electron chi connectivity index (χ2n) is 5.56. The lowest BCUT2D eigenvalue weighted by Gasteiger charge is -2.05. The van der Waals surface area contributed by atoms with E-state index < -0.39 is 11.9 Å². The molecule has 9 heteroatoms. The Balaban J connectivity index is 2.05. The molecule has 0 aromatic carbocycles. The average Bonchev–Trinajstić information content (AvgIpc) is 2.97. The smallest absolute Gasteiger partial charge is 0.357 e. The van der Waals surface area contributed by atoms with Crippen molar-refractivity contribution in [1.82, 2.24) is 9.97 Å². The fourth-order valence-corrected chi connectivity index (χ4v) is 2.96. The number of carbonyl (C=O) groups excluding carboxylic acids is 2. The molecule has 2 aromatic heterocycles. The number of H-pyrrole nitrogens is 1. The number of pyridine rings is 1. The number of aryl methyl sites for hydroxylation is 1. The molecule has 0 aliphatic heterocycles. The van der Waals surface area contributed by atoms with Crippen LogP contribution in [0, 0.1) is 6.92 Å². The van der Waals surface area contributed by atoms with Gasteiger partial charge in [0.1, 0.15) is 0 Å². The first-order chi connectivity index (χ1) is 11.8. The quantitative estimate of drug-likeness (QED) is 0.758. The van der Waals surface area contributed by atoms with Crippen LogP contribution in [-0.4, -0.2) is 35.6 Å². The van der Waals surface area contributed by atoms with Crippen molar-refractivity contribution in [2.75, 3.05) is 19.0 Å². The molecule has 0 aliphatic carbocycles. The molecule has 2 aromatic rings. The molecule has 2 N–H and O–H groups in total. The lowest BCUT2D eigenvalue weighted by atomic mass is 10.1. The summed E-state index contributed by atoms with van der Waals surface area (Å²) >= 11 is 1.20. The zero-order valence-corrected chi connectivity index (χ0v) is 15.2. The summed E-state index contributed by atoms with van der Waals surface area (Å²) in [5.74, 6) is -0.930. The van der Waals surface area contributed by atoms with Gasteiger partial charge in [-0.3, -0.25) is 14.9 Å². The van der Waals surface area contributed by atoms with E-state index in [1.54, 1.807) is 6.92 Å². The van der Waals surface area contributed by atoms with Crippen LogP contribution in [0.1, 0.15) is 40.8 Å². The Kier molecular flexibility index (Phi) is 5.92. The van der Waals surface area contributed by atoms with Gasteiger partial charge in [-0.25, -0.2) is 9.78 Å². The molecule has 134 valence electrons. The number of esters is 1. The Hall–Kier alpha value is -2.68. The van der Waals surface area contributed by atoms with Crippen LogP contribution in [0.15, 0.2) is 17.1 Å². The number of carbonyl (C=O) groups is 2. The first-order valence-electron chi connectivity index (χ1n) is 7.52. The Labute approximate surface area is 148 Å². The molecule has 2 heterocycles. The standard InChI is InChI=1S/C16H19N3O5S/c1-8(2)14-13(15(22)23-4)19-16(25-14)18-12(21)7-24-11-6-17-9(3)5-10(11)20/h5-6,8H,7H2,1-4H3,(H,17,20)(H,18,19,21). The summed E-state index contributed by atoms with van der Waals surface area (Å²) in [7, 11) is 1.27. The molecule has 1 amide bonds. The average molecular weight is 365 g/mol. The van der Waals surface area contributed by atoms with E-state index in [2.05, 4.69) is 15.3 Å². The zero-order valence-electron chi connectivity index (χ0n) is 14.3. The Morgan fingerprint density at radius 2 is 2.12 bits per heavy atom. The molecule has 0 spiro atoms. The van der Waals surface area contributed by atoms with Crippen LogP contribution >= 0.6 is 11.3 Å². The van der Waals surface area contributed by atoms with E-state index in [-0.39, 0.29) is 34.5 Å². The summed E-state index contributed by atoms with van der Waals surface area (Å²) in [5, 5.41) is 2.83. The molecule has 0 unspecified atom stereocenters. The minimum Gasteiger partial charge on any atom is -0.478 e. The summed E-state index contributed by atoms with van der Waals surface area (Å²) in [5.41, 5.74) is 0.572. The van der Waals surface area contributed by atoms with E-state index in [1.165, 1.54) is 30.7 Å². The van der Waals surface area contributed by atoms with Gasteiger partial charge in [0.2, 0.25) is 5.43 Å². The summed E-state index contributed by atoms with van der Waals surface area (Å²) in [6.07, 6.45) is 1.40. The molecule has 0 bridgehead atoms. The van der Waals surface area contributed by atoms with Crippen LogP contribution in [0.4, 0.5) is 5.13 Å². The molecular formula is C16H19N3O5S. The molecule has 25 heavy (non-hydrogen) atoms. The van der Waals surface area contributed by atoms with Crippen molar-refractivity contribution in [2.45, 2.75) is 26.7 Å². The Morgan fingerprint density at radius 1 is 1.40 bits per heavy atom. The number of nitrogens with one attached hydrogen (secondary N) is 2. The molecule has 0 aliphatic rings. The predicted molar refractivity (Wildman–Crippen MR) is 93.5 cm³/mol. The maximum atomic E-state index is 12.0. The SMILES string of the molecule is COC(=O)c1nc(NC(=O)COc2c[nH]c(C)cc2=O)sc1C(C)C. The number of aromatic amines is 1. The van der Waals surface area contributed by atoms with Gasteiger partial charge in [-0.1, -0.05) is 13.8 Å². The van der Waals surface area contributed by atoms with Crippen molar-refractivity contribution in [3.05, 3.63) is 38.8 Å². The molecule has 0 radical (unpaired) electrons. The van der Waals surface area contributed by atoms with E-state index in [9.17, 15) is 14.4 Å². The third-order valence-corrected chi connectivity index (χ3v) is 4.45. The van der Waals surface area contributed by atoms with Crippen molar-refractivity contribution < 1.29 is 19.1 Å². The molecule has 2 rings (SSSR count). The molecule has 0 atom stereocenters. The lowest BCUT2D eigenvalue weighted by molar-refractivity contribution is -0.118. The monoisotopic (exact) mass is 365 g/mol. The van der Waals surface area contributed by atoms with E-state index >= 15 is 0 Å². The number of nitrogens with zero attached hydrogens (tertiary/aromatic N) is 1. The highest BCUT2D eigenvalue weighted by Crippen LogP contribution is 2.30. The van der Waals surface area contributed by atoms with Crippen molar-refractivity contribution in [3.8, 4) is 5.75 Å². The van der Waals surface area contributed by atoms with Gasteiger partial charge < -0.3 is 14.5 Å². The fraction of sp³-hybridized carbons (Fsp3) is 0.375. The highest BCUT2D eigenvalue weighted by molar-refractivity contribution is 7.16. The van der Waals surface area contributed by atoms with Crippen LogP contribution < -0.4 is 15.5 Å². The number of amides is 1. The van der Waals surface area contributed by atoms with Gasteiger partial charge in [-0.15, -0.1) is 11.3 Å². The third-order valence-electron chi connectivity index (χ3n) is 3.18. The first kappa shape index (κ1) is 18.7. The number of methoxy groups -OCH3 is 1. The number of aromatic nitrogens is 2. The van der Waals surface area contributed by atoms with E-state index in [4.69, 9.17) is 9.47 Å². The van der Waals surface area contributed by atoms with Crippen LogP contribution in [0.3, 0.4) is 0 Å². The van der Waals surface area contributed by atoms with Gasteiger partial charge in [0.15, 0.2) is 23.2 Å². The fourth-order valence-electron chi connectivity index (χ4n) is 1.99.